The van der Waals surface area contributed by atoms with Crippen molar-refractivity contribution < 1.29 is 13.2 Å². The van der Waals surface area contributed by atoms with Crippen molar-refractivity contribution in [3.05, 3.63) is 48.4 Å². The van der Waals surface area contributed by atoms with E-state index in [9.17, 15) is 13.2 Å². The van der Waals surface area contributed by atoms with Crippen molar-refractivity contribution in [2.24, 2.45) is 0 Å². The number of hydrogen-bond donors (Lipinski definition) is 0. The molecule has 8 heteroatoms. The Kier molecular flexibility index (Phi) is 4.09. The van der Waals surface area contributed by atoms with Crippen molar-refractivity contribution in [3.8, 4) is 5.82 Å². The van der Waals surface area contributed by atoms with Gasteiger partial charge in [-0.1, -0.05) is 0 Å². The molecular weight excluding hydrogens is 340 g/mol. The Hall–Kier alpha value is -2.19. The third kappa shape index (κ3) is 3.19. The summed E-state index contributed by atoms with van der Waals surface area (Å²) in [6.07, 6.45) is 6.90. The predicted molar refractivity (Wildman–Crippen MR) is 93.0 cm³/mol. The molecule has 1 aliphatic heterocycles. The van der Waals surface area contributed by atoms with Crippen LogP contribution in [0.3, 0.4) is 0 Å². The van der Waals surface area contributed by atoms with Crippen LogP contribution in [-0.4, -0.2) is 64.5 Å². The lowest BCUT2D eigenvalue weighted by molar-refractivity contribution is 0.0697. The largest absolute Gasteiger partial charge is 0.336 e. The molecule has 0 radical (unpaired) electrons. The van der Waals surface area contributed by atoms with E-state index in [0.29, 0.717) is 37.6 Å². The van der Waals surface area contributed by atoms with Crippen molar-refractivity contribution in [1.82, 2.24) is 18.8 Å². The summed E-state index contributed by atoms with van der Waals surface area (Å²) in [4.78, 5) is 18.7. The fourth-order valence-electron chi connectivity index (χ4n) is 3.08. The van der Waals surface area contributed by atoms with E-state index in [-0.39, 0.29) is 11.2 Å². The van der Waals surface area contributed by atoms with E-state index in [4.69, 9.17) is 0 Å². The first-order valence-electron chi connectivity index (χ1n) is 8.43. The van der Waals surface area contributed by atoms with E-state index in [1.807, 2.05) is 29.1 Å². The van der Waals surface area contributed by atoms with Crippen LogP contribution < -0.4 is 0 Å². The van der Waals surface area contributed by atoms with Gasteiger partial charge in [0.05, 0.1) is 5.25 Å². The number of amides is 1. The highest BCUT2D eigenvalue weighted by molar-refractivity contribution is 7.90. The van der Waals surface area contributed by atoms with Gasteiger partial charge in [-0.15, -0.1) is 0 Å². The Balaban J connectivity index is 1.45. The molecule has 4 rings (SSSR count). The predicted octanol–water partition coefficient (Wildman–Crippen LogP) is 1.12. The van der Waals surface area contributed by atoms with Gasteiger partial charge in [-0.2, -0.15) is 4.31 Å². The number of carbonyl (C=O) groups is 1. The quantitative estimate of drug-likeness (QED) is 0.819. The highest BCUT2D eigenvalue weighted by atomic mass is 32.2. The number of sulfonamides is 1. The number of pyridine rings is 1. The maximum atomic E-state index is 12.7. The van der Waals surface area contributed by atoms with Crippen LogP contribution in [-0.2, 0) is 10.0 Å². The van der Waals surface area contributed by atoms with E-state index in [0.717, 1.165) is 12.8 Å². The summed E-state index contributed by atoms with van der Waals surface area (Å²) < 4.78 is 27.9. The zero-order chi connectivity index (χ0) is 17.4. The molecule has 0 N–H and O–H groups in total. The van der Waals surface area contributed by atoms with Gasteiger partial charge in [0.2, 0.25) is 10.0 Å². The smallest absolute Gasteiger partial charge is 0.254 e. The van der Waals surface area contributed by atoms with Crippen molar-refractivity contribution in [1.29, 1.82) is 0 Å². The molecule has 3 heterocycles. The summed E-state index contributed by atoms with van der Waals surface area (Å²) in [6, 6.07) is 7.25. The maximum absolute atomic E-state index is 12.7. The van der Waals surface area contributed by atoms with Gasteiger partial charge in [0.25, 0.3) is 5.91 Å². The summed E-state index contributed by atoms with van der Waals surface area (Å²) >= 11 is 0. The van der Waals surface area contributed by atoms with E-state index in [1.54, 1.807) is 23.2 Å². The molecule has 2 fully saturated rings. The van der Waals surface area contributed by atoms with E-state index in [2.05, 4.69) is 4.98 Å². The molecular formula is C17H20N4O3S. The van der Waals surface area contributed by atoms with Crippen molar-refractivity contribution in [3.63, 3.8) is 0 Å². The Morgan fingerprint density at radius 3 is 2.40 bits per heavy atom. The Morgan fingerprint density at radius 2 is 1.76 bits per heavy atom. The number of piperazine rings is 1. The summed E-state index contributed by atoms with van der Waals surface area (Å²) in [6.45, 7) is 1.60. The fourth-order valence-corrected chi connectivity index (χ4v) is 4.91. The fraction of sp³-hybridized carbons (Fsp3) is 0.412. The molecule has 2 aliphatic rings. The van der Waals surface area contributed by atoms with E-state index in [1.165, 1.54) is 4.31 Å². The summed E-state index contributed by atoms with van der Waals surface area (Å²) in [5, 5.41) is -0.195. The Labute approximate surface area is 146 Å². The van der Waals surface area contributed by atoms with Gasteiger partial charge in [0.15, 0.2) is 0 Å². The lowest BCUT2D eigenvalue weighted by atomic mass is 10.2. The van der Waals surface area contributed by atoms with Crippen LogP contribution >= 0.6 is 0 Å². The second-order valence-corrected chi connectivity index (χ2v) is 8.64. The lowest BCUT2D eigenvalue weighted by Gasteiger charge is -2.34. The standard InChI is InChI=1S/C17H20N4O3S/c22-17(14-5-6-18-16(13-14)19-7-1-2-8-19)20-9-11-21(12-10-20)25(23,24)15-3-4-15/h1-2,5-8,13,15H,3-4,9-12H2. The first-order chi connectivity index (χ1) is 12.1. The molecule has 1 amide bonds. The SMILES string of the molecule is O=C(c1ccnc(-n2cccc2)c1)N1CCN(S(=O)(=O)C2CC2)CC1. The highest BCUT2D eigenvalue weighted by Gasteiger charge is 2.41. The zero-order valence-electron chi connectivity index (χ0n) is 13.8. The van der Waals surface area contributed by atoms with Crippen LogP contribution in [0, 0.1) is 0 Å². The second-order valence-electron chi connectivity index (χ2n) is 6.43. The molecule has 0 bridgehead atoms. The number of hydrogen-bond acceptors (Lipinski definition) is 4. The molecule has 2 aromatic heterocycles. The zero-order valence-corrected chi connectivity index (χ0v) is 14.6. The minimum atomic E-state index is -3.16. The van der Waals surface area contributed by atoms with Crippen molar-refractivity contribution in [2.45, 2.75) is 18.1 Å². The van der Waals surface area contributed by atoms with Gasteiger partial charge in [0.1, 0.15) is 5.82 Å². The number of aromatic nitrogens is 2. The van der Waals surface area contributed by atoms with Crippen LogP contribution in [0.1, 0.15) is 23.2 Å². The number of rotatable bonds is 4. The Morgan fingerprint density at radius 1 is 1.08 bits per heavy atom. The summed E-state index contributed by atoms with van der Waals surface area (Å²) in [5.41, 5.74) is 0.567. The van der Waals surface area contributed by atoms with Gasteiger partial charge < -0.3 is 9.47 Å². The van der Waals surface area contributed by atoms with Crippen molar-refractivity contribution in [2.75, 3.05) is 26.2 Å². The molecule has 0 spiro atoms. The van der Waals surface area contributed by atoms with Crippen molar-refractivity contribution >= 4 is 15.9 Å². The van der Waals surface area contributed by atoms with Crippen LogP contribution in [0.2, 0.25) is 0 Å². The molecule has 1 aliphatic carbocycles. The van der Waals surface area contributed by atoms with Crippen LogP contribution in [0.5, 0.6) is 0 Å². The molecule has 1 saturated carbocycles. The number of carbonyl (C=O) groups excluding carboxylic acids is 1. The number of nitrogens with zero attached hydrogens (tertiary/aromatic N) is 4. The van der Waals surface area contributed by atoms with Crippen LogP contribution in [0.15, 0.2) is 42.9 Å². The van der Waals surface area contributed by atoms with Crippen LogP contribution in [0.4, 0.5) is 0 Å². The van der Waals surface area contributed by atoms with Gasteiger partial charge in [-0.05, 0) is 37.1 Å². The maximum Gasteiger partial charge on any atom is 0.254 e. The molecule has 1 saturated heterocycles. The normalized spacial score (nSPS) is 19.1. The van der Waals surface area contributed by atoms with Gasteiger partial charge in [0, 0.05) is 50.3 Å². The third-order valence-corrected chi connectivity index (χ3v) is 7.09. The molecule has 0 aromatic carbocycles. The molecule has 7 nitrogen and oxygen atoms in total. The topological polar surface area (TPSA) is 75.5 Å². The molecule has 0 atom stereocenters. The second kappa shape index (κ2) is 6.27. The van der Waals surface area contributed by atoms with E-state index >= 15 is 0 Å². The monoisotopic (exact) mass is 360 g/mol. The molecule has 132 valence electrons. The molecule has 0 unspecified atom stereocenters. The first-order valence-corrected chi connectivity index (χ1v) is 9.94. The van der Waals surface area contributed by atoms with Crippen LogP contribution in [0.25, 0.3) is 5.82 Å². The lowest BCUT2D eigenvalue weighted by Crippen LogP contribution is -2.51. The van der Waals surface area contributed by atoms with E-state index < -0.39 is 10.0 Å². The minimum absolute atomic E-state index is 0.0840. The molecule has 25 heavy (non-hydrogen) atoms. The molecule has 2 aromatic rings. The average molecular weight is 360 g/mol. The summed E-state index contributed by atoms with van der Waals surface area (Å²) in [7, 11) is -3.16. The first kappa shape index (κ1) is 16.3. The summed E-state index contributed by atoms with van der Waals surface area (Å²) in [5.74, 6) is 0.602. The van der Waals surface area contributed by atoms with Gasteiger partial charge in [-0.25, -0.2) is 13.4 Å². The van der Waals surface area contributed by atoms with Gasteiger partial charge in [-0.3, -0.25) is 4.79 Å². The minimum Gasteiger partial charge on any atom is -0.336 e. The van der Waals surface area contributed by atoms with Gasteiger partial charge >= 0.3 is 0 Å². The highest BCUT2D eigenvalue weighted by Crippen LogP contribution is 2.31. The average Bonchev–Trinajstić information content (AvgIpc) is 3.37. The Bertz CT molecular complexity index is 867. The third-order valence-electron chi connectivity index (χ3n) is 4.69.